The van der Waals surface area contributed by atoms with E-state index in [2.05, 4.69) is 10.3 Å². The zero-order chi connectivity index (χ0) is 14.0. The Morgan fingerprint density at radius 3 is 2.79 bits per heavy atom. The third kappa shape index (κ3) is 3.24. The number of hydrogen-bond acceptors (Lipinski definition) is 4. The molecule has 0 spiro atoms. The van der Waals surface area contributed by atoms with Crippen molar-refractivity contribution >= 4 is 34.7 Å². The van der Waals surface area contributed by atoms with Gasteiger partial charge in [0.2, 0.25) is 0 Å². The number of nitrogen functional groups attached to an aromatic ring is 1. The number of nitrogens with zero attached hydrogens (tertiary/aromatic N) is 1. The van der Waals surface area contributed by atoms with Crippen LogP contribution >= 0.6 is 22.9 Å². The van der Waals surface area contributed by atoms with E-state index in [1.807, 2.05) is 26.0 Å². The highest BCUT2D eigenvalue weighted by Crippen LogP contribution is 2.23. The monoisotopic (exact) mass is 295 g/mol. The summed E-state index contributed by atoms with van der Waals surface area (Å²) < 4.78 is 0. The van der Waals surface area contributed by atoms with Crippen molar-refractivity contribution in [2.45, 2.75) is 19.9 Å². The number of aryl methyl sites for hydroxylation is 1. The number of amides is 1. The fraction of sp³-hybridized carbons (Fsp3) is 0.231. The maximum Gasteiger partial charge on any atom is 0.272 e. The number of hydrogen-bond donors (Lipinski definition) is 2. The quantitative estimate of drug-likeness (QED) is 0.914. The lowest BCUT2D eigenvalue weighted by molar-refractivity contribution is 0.0936. The third-order valence-electron chi connectivity index (χ3n) is 2.62. The number of nitrogens with one attached hydrogen (secondary N) is 1. The second kappa shape index (κ2) is 5.59. The molecule has 0 aliphatic rings. The first-order valence-corrected chi connectivity index (χ1v) is 6.96. The van der Waals surface area contributed by atoms with E-state index in [1.165, 1.54) is 4.88 Å². The first kappa shape index (κ1) is 13.8. The molecule has 0 saturated carbocycles. The number of thiophene rings is 1. The molecule has 2 aromatic rings. The lowest BCUT2D eigenvalue weighted by Crippen LogP contribution is -2.27. The summed E-state index contributed by atoms with van der Waals surface area (Å²) in [6.07, 6.45) is 0. The van der Waals surface area contributed by atoms with E-state index in [0.29, 0.717) is 5.02 Å². The second-order valence-electron chi connectivity index (χ2n) is 4.21. The van der Waals surface area contributed by atoms with Gasteiger partial charge < -0.3 is 11.1 Å². The van der Waals surface area contributed by atoms with E-state index >= 15 is 0 Å². The third-order valence-corrected chi connectivity index (χ3v) is 4.11. The molecule has 0 saturated heterocycles. The predicted octanol–water partition coefficient (Wildman–Crippen LogP) is 3.18. The van der Waals surface area contributed by atoms with Crippen molar-refractivity contribution in [3.63, 3.8) is 0 Å². The van der Waals surface area contributed by atoms with Gasteiger partial charge in [-0.05, 0) is 38.1 Å². The van der Waals surface area contributed by atoms with E-state index in [9.17, 15) is 4.79 Å². The highest BCUT2D eigenvalue weighted by atomic mass is 35.5. The van der Waals surface area contributed by atoms with Gasteiger partial charge in [0.15, 0.2) is 0 Å². The van der Waals surface area contributed by atoms with Crippen LogP contribution in [-0.4, -0.2) is 10.9 Å². The summed E-state index contributed by atoms with van der Waals surface area (Å²) in [5.74, 6) is -0.0509. The van der Waals surface area contributed by atoms with Crippen LogP contribution in [0.25, 0.3) is 0 Å². The minimum atomic E-state index is -0.323. The molecule has 2 heterocycles. The average Bonchev–Trinajstić information content (AvgIpc) is 2.79. The largest absolute Gasteiger partial charge is 0.384 e. The van der Waals surface area contributed by atoms with Crippen LogP contribution in [0.2, 0.25) is 5.02 Å². The van der Waals surface area contributed by atoms with Crippen LogP contribution < -0.4 is 11.1 Å². The SMILES string of the molecule is Cc1ccc(C(C)NC(=O)c2nc(N)ccc2Cl)s1. The molecule has 19 heavy (non-hydrogen) atoms. The molecule has 2 aromatic heterocycles. The number of aromatic nitrogens is 1. The van der Waals surface area contributed by atoms with Crippen molar-refractivity contribution in [2.75, 3.05) is 5.73 Å². The maximum atomic E-state index is 12.1. The highest BCUT2D eigenvalue weighted by molar-refractivity contribution is 7.12. The highest BCUT2D eigenvalue weighted by Gasteiger charge is 2.16. The van der Waals surface area contributed by atoms with Gasteiger partial charge in [0.1, 0.15) is 11.5 Å². The molecule has 0 fully saturated rings. The number of nitrogens with two attached hydrogens (primary N) is 1. The first-order valence-electron chi connectivity index (χ1n) is 5.76. The summed E-state index contributed by atoms with van der Waals surface area (Å²) in [6.45, 7) is 3.95. The Bertz CT molecular complexity index is 612. The summed E-state index contributed by atoms with van der Waals surface area (Å²) in [4.78, 5) is 18.4. The number of rotatable bonds is 3. The zero-order valence-electron chi connectivity index (χ0n) is 10.6. The topological polar surface area (TPSA) is 68.0 Å². The standard InChI is InChI=1S/C13H14ClN3OS/c1-7-3-5-10(19-7)8(2)16-13(18)12-9(14)4-6-11(15)17-12/h3-6,8H,1-2H3,(H2,15,17)(H,16,18). The van der Waals surface area contributed by atoms with Gasteiger partial charge in [0.05, 0.1) is 11.1 Å². The van der Waals surface area contributed by atoms with Crippen LogP contribution in [-0.2, 0) is 0 Å². The Morgan fingerprint density at radius 2 is 2.16 bits per heavy atom. The van der Waals surface area contributed by atoms with E-state index in [0.717, 1.165) is 4.88 Å². The van der Waals surface area contributed by atoms with Crippen molar-refractivity contribution in [1.29, 1.82) is 0 Å². The van der Waals surface area contributed by atoms with Crippen LogP contribution in [0.15, 0.2) is 24.3 Å². The summed E-state index contributed by atoms with van der Waals surface area (Å²) in [6, 6.07) is 7.06. The van der Waals surface area contributed by atoms with Gasteiger partial charge in [-0.3, -0.25) is 4.79 Å². The van der Waals surface area contributed by atoms with Crippen molar-refractivity contribution < 1.29 is 4.79 Å². The number of anilines is 1. The molecule has 100 valence electrons. The Balaban J connectivity index is 2.15. The van der Waals surface area contributed by atoms with Crippen molar-refractivity contribution in [3.8, 4) is 0 Å². The molecule has 0 aromatic carbocycles. The van der Waals surface area contributed by atoms with Gasteiger partial charge in [0, 0.05) is 9.75 Å². The van der Waals surface area contributed by atoms with Crippen molar-refractivity contribution in [1.82, 2.24) is 10.3 Å². The molecule has 2 rings (SSSR count). The van der Waals surface area contributed by atoms with Crippen LogP contribution in [0.5, 0.6) is 0 Å². The molecule has 0 aliphatic carbocycles. The smallest absolute Gasteiger partial charge is 0.272 e. The second-order valence-corrected chi connectivity index (χ2v) is 5.94. The number of halogens is 1. The van der Waals surface area contributed by atoms with Crippen LogP contribution in [0.3, 0.4) is 0 Å². The summed E-state index contributed by atoms with van der Waals surface area (Å²) in [7, 11) is 0. The lowest BCUT2D eigenvalue weighted by Gasteiger charge is -2.12. The van der Waals surface area contributed by atoms with E-state index in [1.54, 1.807) is 23.5 Å². The summed E-state index contributed by atoms with van der Waals surface area (Å²) >= 11 is 7.60. The van der Waals surface area contributed by atoms with Crippen LogP contribution in [0, 0.1) is 6.92 Å². The Kier molecular flexibility index (Phi) is 4.07. The molecule has 0 aliphatic heterocycles. The van der Waals surface area contributed by atoms with E-state index in [-0.39, 0.29) is 23.5 Å². The molecule has 6 heteroatoms. The number of pyridine rings is 1. The van der Waals surface area contributed by atoms with Gasteiger partial charge in [-0.15, -0.1) is 11.3 Å². The molecule has 1 amide bonds. The number of carbonyl (C=O) groups is 1. The molecular formula is C13H14ClN3OS. The molecule has 0 bridgehead atoms. The maximum absolute atomic E-state index is 12.1. The van der Waals surface area contributed by atoms with E-state index < -0.39 is 0 Å². The van der Waals surface area contributed by atoms with Gasteiger partial charge in [-0.2, -0.15) is 0 Å². The molecule has 4 nitrogen and oxygen atoms in total. The molecule has 3 N–H and O–H groups in total. The number of carbonyl (C=O) groups excluding carboxylic acids is 1. The fourth-order valence-corrected chi connectivity index (χ4v) is 2.71. The molecule has 1 atom stereocenters. The van der Waals surface area contributed by atoms with Crippen LogP contribution in [0.4, 0.5) is 5.82 Å². The first-order chi connectivity index (χ1) is 8.97. The van der Waals surface area contributed by atoms with Gasteiger partial charge >= 0.3 is 0 Å². The predicted molar refractivity (Wildman–Crippen MR) is 78.6 cm³/mol. The van der Waals surface area contributed by atoms with Crippen molar-refractivity contribution in [2.24, 2.45) is 0 Å². The fourth-order valence-electron chi connectivity index (χ4n) is 1.64. The lowest BCUT2D eigenvalue weighted by atomic mass is 10.2. The Labute approximate surface area is 120 Å². The van der Waals surface area contributed by atoms with E-state index in [4.69, 9.17) is 17.3 Å². The van der Waals surface area contributed by atoms with Gasteiger partial charge in [-0.1, -0.05) is 11.6 Å². The minimum Gasteiger partial charge on any atom is -0.384 e. The normalized spacial score (nSPS) is 12.2. The minimum absolute atomic E-state index is 0.0921. The molecular weight excluding hydrogens is 282 g/mol. The van der Waals surface area contributed by atoms with Gasteiger partial charge in [-0.25, -0.2) is 4.98 Å². The Morgan fingerprint density at radius 1 is 1.42 bits per heavy atom. The summed E-state index contributed by atoms with van der Waals surface area (Å²) in [5.41, 5.74) is 5.72. The average molecular weight is 296 g/mol. The van der Waals surface area contributed by atoms with Crippen molar-refractivity contribution in [3.05, 3.63) is 44.7 Å². The molecule has 0 radical (unpaired) electrons. The van der Waals surface area contributed by atoms with Crippen LogP contribution in [0.1, 0.15) is 33.2 Å². The van der Waals surface area contributed by atoms with Gasteiger partial charge in [0.25, 0.3) is 5.91 Å². The summed E-state index contributed by atoms with van der Waals surface area (Å²) in [5, 5.41) is 3.16. The zero-order valence-corrected chi connectivity index (χ0v) is 12.2. The molecule has 1 unspecified atom stereocenters. The Hall–Kier alpha value is -1.59.